The molecule has 1 aromatic carbocycles. The zero-order valence-corrected chi connectivity index (χ0v) is 12.7. The highest BCUT2D eigenvalue weighted by atomic mass is 32.2. The fourth-order valence-corrected chi connectivity index (χ4v) is 4.13. The Morgan fingerprint density at radius 1 is 1.36 bits per heavy atom. The largest absolute Gasteiger partial charge is 0.319 e. The molecule has 1 saturated carbocycles. The molecule has 1 aromatic rings. The van der Waals surface area contributed by atoms with Crippen molar-refractivity contribution in [2.75, 3.05) is 11.6 Å². The summed E-state index contributed by atoms with van der Waals surface area (Å²) < 4.78 is 35.5. The third kappa shape index (κ3) is 2.80. The molecule has 120 valence electrons. The molecule has 0 radical (unpaired) electrons. The molecule has 0 aliphatic heterocycles. The van der Waals surface area contributed by atoms with Gasteiger partial charge in [0.2, 0.25) is 5.91 Å². The molecule has 0 atom stereocenters. The van der Waals surface area contributed by atoms with Crippen LogP contribution >= 0.6 is 0 Å². The molecular formula is C13H15FN2O5S. The maximum absolute atomic E-state index is 13.1. The molecule has 1 amide bonds. The molecule has 0 unspecified atom stereocenters. The first-order chi connectivity index (χ1) is 10.2. The second kappa shape index (κ2) is 5.64. The summed E-state index contributed by atoms with van der Waals surface area (Å²) in [4.78, 5) is 22.5. The van der Waals surface area contributed by atoms with Gasteiger partial charge >= 0.3 is 0 Å². The summed E-state index contributed by atoms with van der Waals surface area (Å²) in [6.45, 7) is 0. The number of nitro groups is 1. The van der Waals surface area contributed by atoms with E-state index in [2.05, 4.69) is 5.32 Å². The maximum Gasteiger partial charge on any atom is 0.295 e. The number of rotatable bonds is 4. The number of anilines is 1. The number of nitro benzene ring substituents is 1. The lowest BCUT2D eigenvalue weighted by Crippen LogP contribution is -2.47. The van der Waals surface area contributed by atoms with Crippen molar-refractivity contribution >= 4 is 27.1 Å². The number of carbonyl (C=O) groups is 1. The van der Waals surface area contributed by atoms with E-state index < -0.39 is 36.9 Å². The summed E-state index contributed by atoms with van der Waals surface area (Å²) in [5.41, 5.74) is -0.832. The van der Waals surface area contributed by atoms with Crippen molar-refractivity contribution in [2.45, 2.75) is 30.4 Å². The van der Waals surface area contributed by atoms with Gasteiger partial charge in [0.25, 0.3) is 5.69 Å². The topological polar surface area (TPSA) is 106 Å². The molecular weight excluding hydrogens is 315 g/mol. The highest BCUT2D eigenvalue weighted by molar-refractivity contribution is 7.92. The molecule has 0 aromatic heterocycles. The molecule has 9 heteroatoms. The number of sulfone groups is 1. The first kappa shape index (κ1) is 16.3. The predicted molar refractivity (Wildman–Crippen MR) is 77.7 cm³/mol. The molecule has 2 rings (SSSR count). The second-order valence-corrected chi connectivity index (χ2v) is 7.67. The average Bonchev–Trinajstić information content (AvgIpc) is 2.90. The highest BCUT2D eigenvalue weighted by Gasteiger charge is 2.50. The third-order valence-electron chi connectivity index (χ3n) is 3.94. The normalized spacial score (nSPS) is 17.2. The van der Waals surface area contributed by atoms with E-state index in [0.717, 1.165) is 18.4 Å². The van der Waals surface area contributed by atoms with Crippen LogP contribution in [0.2, 0.25) is 0 Å². The highest BCUT2D eigenvalue weighted by Crippen LogP contribution is 2.38. The van der Waals surface area contributed by atoms with Crippen molar-refractivity contribution in [2.24, 2.45) is 0 Å². The quantitative estimate of drug-likeness (QED) is 0.671. The summed E-state index contributed by atoms with van der Waals surface area (Å²) in [7, 11) is -3.68. The molecule has 1 aliphatic carbocycles. The number of halogens is 1. The Labute approximate surface area is 126 Å². The van der Waals surface area contributed by atoms with Crippen LogP contribution in [0.1, 0.15) is 25.7 Å². The monoisotopic (exact) mass is 330 g/mol. The molecule has 0 spiro atoms. The molecule has 0 saturated heterocycles. The van der Waals surface area contributed by atoms with Crippen LogP contribution in [0.25, 0.3) is 0 Å². The molecule has 22 heavy (non-hydrogen) atoms. The van der Waals surface area contributed by atoms with Gasteiger partial charge in [0, 0.05) is 6.26 Å². The van der Waals surface area contributed by atoms with E-state index >= 15 is 0 Å². The van der Waals surface area contributed by atoms with E-state index in [9.17, 15) is 27.7 Å². The van der Waals surface area contributed by atoms with E-state index in [-0.39, 0.29) is 18.5 Å². The summed E-state index contributed by atoms with van der Waals surface area (Å²) in [5, 5.41) is 13.2. The SMILES string of the molecule is CS(=O)(=O)C1(C(=O)Nc2ccc(F)cc2[N+](=O)[O-])CCCC1. The van der Waals surface area contributed by atoms with Gasteiger partial charge in [-0.05, 0) is 25.0 Å². The molecule has 1 aliphatic rings. The molecule has 7 nitrogen and oxygen atoms in total. The van der Waals surface area contributed by atoms with Crippen molar-refractivity contribution < 1.29 is 22.5 Å². The lowest BCUT2D eigenvalue weighted by molar-refractivity contribution is -0.384. The van der Waals surface area contributed by atoms with Crippen LogP contribution in [-0.2, 0) is 14.6 Å². The van der Waals surface area contributed by atoms with Crippen LogP contribution in [0.15, 0.2) is 18.2 Å². The number of amides is 1. The van der Waals surface area contributed by atoms with Gasteiger partial charge in [0.15, 0.2) is 14.6 Å². The van der Waals surface area contributed by atoms with Gasteiger partial charge in [-0.3, -0.25) is 14.9 Å². The smallest absolute Gasteiger partial charge is 0.295 e. The fraction of sp³-hybridized carbons (Fsp3) is 0.462. The van der Waals surface area contributed by atoms with Crippen molar-refractivity contribution in [3.63, 3.8) is 0 Å². The minimum Gasteiger partial charge on any atom is -0.319 e. The summed E-state index contributed by atoms with van der Waals surface area (Å²) in [5.74, 6) is -1.62. The Morgan fingerprint density at radius 2 is 1.95 bits per heavy atom. The van der Waals surface area contributed by atoms with Crippen LogP contribution in [0, 0.1) is 15.9 Å². The lowest BCUT2D eigenvalue weighted by atomic mass is 10.1. The van der Waals surface area contributed by atoms with Gasteiger partial charge in [-0.1, -0.05) is 12.8 Å². The molecule has 0 heterocycles. The van der Waals surface area contributed by atoms with Crippen molar-refractivity contribution in [1.29, 1.82) is 0 Å². The summed E-state index contributed by atoms with van der Waals surface area (Å²) >= 11 is 0. The van der Waals surface area contributed by atoms with Crippen molar-refractivity contribution in [3.8, 4) is 0 Å². The van der Waals surface area contributed by atoms with Gasteiger partial charge in [-0.25, -0.2) is 12.8 Å². The minimum atomic E-state index is -3.68. The summed E-state index contributed by atoms with van der Waals surface area (Å²) in [6, 6.07) is 2.69. The number of carbonyl (C=O) groups excluding carboxylic acids is 1. The van der Waals surface area contributed by atoms with Gasteiger partial charge in [-0.2, -0.15) is 0 Å². The van der Waals surface area contributed by atoms with Gasteiger partial charge in [0.1, 0.15) is 11.5 Å². The number of hydrogen-bond donors (Lipinski definition) is 1. The average molecular weight is 330 g/mol. The maximum atomic E-state index is 13.1. The van der Waals surface area contributed by atoms with E-state index in [1.165, 1.54) is 0 Å². The van der Waals surface area contributed by atoms with E-state index in [1.807, 2.05) is 0 Å². The first-order valence-electron chi connectivity index (χ1n) is 6.62. The fourth-order valence-electron chi connectivity index (χ4n) is 2.71. The van der Waals surface area contributed by atoms with Crippen molar-refractivity contribution in [3.05, 3.63) is 34.1 Å². The van der Waals surface area contributed by atoms with Crippen LogP contribution < -0.4 is 5.32 Å². The Kier molecular flexibility index (Phi) is 4.19. The van der Waals surface area contributed by atoms with Crippen LogP contribution in [0.3, 0.4) is 0 Å². The minimum absolute atomic E-state index is 0.173. The summed E-state index contributed by atoms with van der Waals surface area (Å²) in [6.07, 6.45) is 2.51. The number of benzene rings is 1. The van der Waals surface area contributed by atoms with Crippen LogP contribution in [-0.4, -0.2) is 30.3 Å². The van der Waals surface area contributed by atoms with Gasteiger partial charge < -0.3 is 5.32 Å². The zero-order chi connectivity index (χ0) is 16.5. The Hall–Kier alpha value is -2.03. The molecule has 1 fully saturated rings. The molecule has 1 N–H and O–H groups in total. The lowest BCUT2D eigenvalue weighted by Gasteiger charge is -2.25. The van der Waals surface area contributed by atoms with E-state index in [0.29, 0.717) is 18.9 Å². The number of nitrogens with zero attached hydrogens (tertiary/aromatic N) is 1. The Bertz CT molecular complexity index is 726. The van der Waals surface area contributed by atoms with E-state index in [1.54, 1.807) is 0 Å². The Balaban J connectivity index is 2.38. The van der Waals surface area contributed by atoms with Crippen molar-refractivity contribution in [1.82, 2.24) is 0 Å². The first-order valence-corrected chi connectivity index (χ1v) is 8.51. The second-order valence-electron chi connectivity index (χ2n) is 5.35. The molecule has 0 bridgehead atoms. The predicted octanol–water partition coefficient (Wildman–Crippen LogP) is 2.03. The Morgan fingerprint density at radius 3 is 2.45 bits per heavy atom. The third-order valence-corrected chi connectivity index (χ3v) is 5.95. The number of hydrogen-bond acceptors (Lipinski definition) is 5. The van der Waals surface area contributed by atoms with Gasteiger partial charge in [0.05, 0.1) is 11.0 Å². The van der Waals surface area contributed by atoms with Gasteiger partial charge in [-0.15, -0.1) is 0 Å². The number of nitrogens with one attached hydrogen (secondary N) is 1. The standard InChI is InChI=1S/C13H15FN2O5S/c1-22(20,21)13(6-2-3-7-13)12(17)15-10-5-4-9(14)8-11(10)16(18)19/h4-5,8H,2-3,6-7H2,1H3,(H,15,17). The van der Waals surface area contributed by atoms with Crippen LogP contribution in [0.4, 0.5) is 15.8 Å². The van der Waals surface area contributed by atoms with E-state index in [4.69, 9.17) is 0 Å². The zero-order valence-electron chi connectivity index (χ0n) is 11.8. The van der Waals surface area contributed by atoms with Crippen LogP contribution in [0.5, 0.6) is 0 Å².